The number of rotatable bonds is 4. The summed E-state index contributed by atoms with van der Waals surface area (Å²) in [4.78, 5) is 13.7. The van der Waals surface area contributed by atoms with Crippen LogP contribution in [0.3, 0.4) is 0 Å². The van der Waals surface area contributed by atoms with Gasteiger partial charge in [0.25, 0.3) is 0 Å². The van der Waals surface area contributed by atoms with E-state index in [4.69, 9.17) is 0 Å². The Morgan fingerprint density at radius 1 is 1.54 bits per heavy atom. The molecule has 1 rings (SSSR count). The fraction of sp³-hybridized carbons (Fsp3) is 0.500. The van der Waals surface area contributed by atoms with E-state index in [0.29, 0.717) is 6.04 Å². The van der Waals surface area contributed by atoms with Crippen LogP contribution < -0.4 is 10.9 Å². The molecule has 1 aromatic heterocycles. The highest BCUT2D eigenvalue weighted by atomic mass is 16.1. The number of aromatic nitrogens is 1. The molecule has 13 heavy (non-hydrogen) atoms. The van der Waals surface area contributed by atoms with Crippen molar-refractivity contribution in [3.63, 3.8) is 0 Å². The van der Waals surface area contributed by atoms with Crippen molar-refractivity contribution >= 4 is 0 Å². The molecule has 1 aromatic rings. The van der Waals surface area contributed by atoms with Crippen molar-refractivity contribution in [3.8, 4) is 0 Å². The average Bonchev–Trinajstić information content (AvgIpc) is 2.14. The van der Waals surface area contributed by atoms with Crippen LogP contribution >= 0.6 is 0 Å². The van der Waals surface area contributed by atoms with Crippen molar-refractivity contribution in [2.75, 3.05) is 0 Å². The van der Waals surface area contributed by atoms with Gasteiger partial charge in [-0.1, -0.05) is 13.0 Å². The number of hydrogen-bond donors (Lipinski definition) is 2. The number of H-pyrrole nitrogens is 1. The number of pyridine rings is 1. The molecule has 0 aromatic carbocycles. The molecule has 72 valence electrons. The van der Waals surface area contributed by atoms with Crippen molar-refractivity contribution in [1.82, 2.24) is 10.3 Å². The number of aromatic amines is 1. The summed E-state index contributed by atoms with van der Waals surface area (Å²) in [6.45, 7) is 4.98. The van der Waals surface area contributed by atoms with Gasteiger partial charge in [0, 0.05) is 24.3 Å². The van der Waals surface area contributed by atoms with Gasteiger partial charge in [-0.25, -0.2) is 0 Å². The summed E-state index contributed by atoms with van der Waals surface area (Å²) in [6, 6.07) is 5.69. The third-order valence-corrected chi connectivity index (χ3v) is 2.08. The first kappa shape index (κ1) is 9.99. The van der Waals surface area contributed by atoms with Crippen molar-refractivity contribution in [2.45, 2.75) is 32.9 Å². The summed E-state index contributed by atoms with van der Waals surface area (Å²) < 4.78 is 0. The van der Waals surface area contributed by atoms with Crippen molar-refractivity contribution in [3.05, 3.63) is 34.2 Å². The van der Waals surface area contributed by atoms with Crippen LogP contribution in [0.2, 0.25) is 0 Å². The molecule has 0 aliphatic heterocycles. The molecule has 0 amide bonds. The maximum atomic E-state index is 10.9. The Hall–Kier alpha value is -1.09. The summed E-state index contributed by atoms with van der Waals surface area (Å²) in [6.07, 6.45) is 1.09. The molecular formula is C10H16N2O. The van der Waals surface area contributed by atoms with Crippen molar-refractivity contribution in [1.29, 1.82) is 0 Å². The second kappa shape index (κ2) is 4.82. The Labute approximate surface area is 78.2 Å². The first-order valence-electron chi connectivity index (χ1n) is 4.64. The predicted octanol–water partition coefficient (Wildman–Crippen LogP) is 1.26. The maximum Gasteiger partial charge on any atom is 0.248 e. The molecule has 1 heterocycles. The number of hydrogen-bond acceptors (Lipinski definition) is 2. The topological polar surface area (TPSA) is 44.9 Å². The normalized spacial score (nSPS) is 12.8. The van der Waals surface area contributed by atoms with E-state index in [1.165, 1.54) is 6.07 Å². The molecule has 1 atom stereocenters. The summed E-state index contributed by atoms with van der Waals surface area (Å²) in [7, 11) is 0. The first-order valence-corrected chi connectivity index (χ1v) is 4.64. The largest absolute Gasteiger partial charge is 0.325 e. The molecule has 3 nitrogen and oxygen atoms in total. The summed E-state index contributed by atoms with van der Waals surface area (Å²) in [5.74, 6) is 0. The number of nitrogens with one attached hydrogen (secondary N) is 2. The lowest BCUT2D eigenvalue weighted by Crippen LogP contribution is -2.25. The Morgan fingerprint density at radius 3 is 2.92 bits per heavy atom. The zero-order valence-corrected chi connectivity index (χ0v) is 8.13. The van der Waals surface area contributed by atoms with Crippen LogP contribution in [0, 0.1) is 0 Å². The molecule has 0 aliphatic rings. The van der Waals surface area contributed by atoms with Crippen LogP contribution in [0.1, 0.15) is 26.0 Å². The third kappa shape index (κ3) is 3.42. The molecule has 0 aliphatic carbocycles. The highest BCUT2D eigenvalue weighted by Gasteiger charge is 1.97. The third-order valence-electron chi connectivity index (χ3n) is 2.08. The van der Waals surface area contributed by atoms with E-state index in [0.717, 1.165) is 18.7 Å². The molecular weight excluding hydrogens is 164 g/mol. The minimum absolute atomic E-state index is 0.0385. The van der Waals surface area contributed by atoms with Gasteiger partial charge in [-0.15, -0.1) is 0 Å². The molecule has 0 spiro atoms. The van der Waals surface area contributed by atoms with Gasteiger partial charge in [-0.3, -0.25) is 4.79 Å². The standard InChI is InChI=1S/C10H16N2O/c1-3-8(2)11-7-9-5-4-6-10(13)12-9/h4-6,8,11H,3,7H2,1-2H3,(H,12,13). The van der Waals surface area contributed by atoms with Crippen LogP contribution in [-0.4, -0.2) is 11.0 Å². The Morgan fingerprint density at radius 2 is 2.31 bits per heavy atom. The Kier molecular flexibility index (Phi) is 3.71. The lowest BCUT2D eigenvalue weighted by atomic mass is 10.2. The quantitative estimate of drug-likeness (QED) is 0.732. The van der Waals surface area contributed by atoms with Crippen molar-refractivity contribution in [2.24, 2.45) is 0 Å². The van der Waals surface area contributed by atoms with Crippen LogP contribution in [-0.2, 0) is 6.54 Å². The second-order valence-electron chi connectivity index (χ2n) is 3.23. The van der Waals surface area contributed by atoms with Crippen LogP contribution in [0.4, 0.5) is 0 Å². The maximum absolute atomic E-state index is 10.9. The van der Waals surface area contributed by atoms with E-state index in [1.54, 1.807) is 6.07 Å². The second-order valence-corrected chi connectivity index (χ2v) is 3.23. The SMILES string of the molecule is CCC(C)NCc1cccc(=O)[nH]1. The van der Waals surface area contributed by atoms with E-state index in [9.17, 15) is 4.79 Å². The van der Waals surface area contributed by atoms with E-state index >= 15 is 0 Å². The molecule has 1 unspecified atom stereocenters. The van der Waals surface area contributed by atoms with Crippen LogP contribution in [0.5, 0.6) is 0 Å². The lowest BCUT2D eigenvalue weighted by molar-refractivity contribution is 0.528. The zero-order chi connectivity index (χ0) is 9.68. The van der Waals surface area contributed by atoms with Gasteiger partial charge in [-0.05, 0) is 19.4 Å². The highest BCUT2D eigenvalue weighted by Crippen LogP contribution is 1.93. The van der Waals surface area contributed by atoms with E-state index in [1.807, 2.05) is 6.07 Å². The van der Waals surface area contributed by atoms with Gasteiger partial charge in [0.2, 0.25) is 5.56 Å². The van der Waals surface area contributed by atoms with E-state index in [-0.39, 0.29) is 5.56 Å². The fourth-order valence-corrected chi connectivity index (χ4v) is 1.02. The minimum atomic E-state index is -0.0385. The first-order chi connectivity index (χ1) is 6.22. The summed E-state index contributed by atoms with van der Waals surface area (Å²) >= 11 is 0. The summed E-state index contributed by atoms with van der Waals surface area (Å²) in [5.41, 5.74) is 0.899. The van der Waals surface area contributed by atoms with Gasteiger partial charge in [0.05, 0.1) is 0 Å². The summed E-state index contributed by atoms with van der Waals surface area (Å²) in [5, 5.41) is 3.31. The van der Waals surface area contributed by atoms with E-state index in [2.05, 4.69) is 24.1 Å². The van der Waals surface area contributed by atoms with Gasteiger partial charge in [0.1, 0.15) is 0 Å². The zero-order valence-electron chi connectivity index (χ0n) is 8.13. The highest BCUT2D eigenvalue weighted by molar-refractivity contribution is 5.03. The van der Waals surface area contributed by atoms with Crippen molar-refractivity contribution < 1.29 is 0 Å². The monoisotopic (exact) mass is 180 g/mol. The molecule has 0 bridgehead atoms. The van der Waals surface area contributed by atoms with Crippen LogP contribution in [0.25, 0.3) is 0 Å². The molecule has 2 N–H and O–H groups in total. The average molecular weight is 180 g/mol. The molecule has 0 fully saturated rings. The van der Waals surface area contributed by atoms with Gasteiger partial charge < -0.3 is 10.3 Å². The molecule has 3 heteroatoms. The molecule has 0 saturated heterocycles. The molecule has 0 radical (unpaired) electrons. The predicted molar refractivity (Wildman–Crippen MR) is 53.7 cm³/mol. The Balaban J connectivity index is 2.50. The van der Waals surface area contributed by atoms with Crippen LogP contribution in [0.15, 0.2) is 23.0 Å². The van der Waals surface area contributed by atoms with E-state index < -0.39 is 0 Å². The minimum Gasteiger partial charge on any atom is -0.325 e. The lowest BCUT2D eigenvalue weighted by Gasteiger charge is -2.10. The van der Waals surface area contributed by atoms with Gasteiger partial charge in [0.15, 0.2) is 0 Å². The van der Waals surface area contributed by atoms with Gasteiger partial charge >= 0.3 is 0 Å². The molecule has 0 saturated carbocycles. The fourth-order valence-electron chi connectivity index (χ4n) is 1.02. The Bertz CT molecular complexity index is 306. The smallest absolute Gasteiger partial charge is 0.248 e. The van der Waals surface area contributed by atoms with Gasteiger partial charge in [-0.2, -0.15) is 0 Å².